The third kappa shape index (κ3) is 3.99. The van der Waals surface area contributed by atoms with Gasteiger partial charge in [0, 0.05) is 5.57 Å². The monoisotopic (exact) mass is 595 g/mol. The third-order valence-electron chi connectivity index (χ3n) is 10.5. The fourth-order valence-electron chi connectivity index (χ4n) is 8.19. The maximum atomic E-state index is 4.84. The number of aryl methyl sites for hydroxylation is 2. The molecule has 2 nitrogen and oxygen atoms in total. The van der Waals surface area contributed by atoms with Crippen LogP contribution in [0.4, 0.5) is 0 Å². The lowest BCUT2D eigenvalue weighted by Crippen LogP contribution is -2.59. The number of nitrogens with zero attached hydrogens (tertiary/aromatic N) is 2. The van der Waals surface area contributed by atoms with Crippen molar-refractivity contribution < 1.29 is 4.57 Å². The van der Waals surface area contributed by atoms with E-state index in [1.165, 1.54) is 83.4 Å². The molecule has 2 heterocycles. The van der Waals surface area contributed by atoms with Gasteiger partial charge in [-0.1, -0.05) is 117 Å². The Balaban J connectivity index is 1.48. The van der Waals surface area contributed by atoms with E-state index >= 15 is 0 Å². The van der Waals surface area contributed by atoms with Gasteiger partial charge in [-0.3, -0.25) is 0 Å². The van der Waals surface area contributed by atoms with Crippen LogP contribution in [-0.4, -0.2) is 4.57 Å². The minimum absolute atomic E-state index is 0.236. The second kappa shape index (κ2) is 10.7. The van der Waals surface area contributed by atoms with Crippen molar-refractivity contribution in [3.05, 3.63) is 151 Å². The Morgan fingerprint density at radius 1 is 0.609 bits per heavy atom. The van der Waals surface area contributed by atoms with Gasteiger partial charge in [0.1, 0.15) is 11.2 Å². The summed E-state index contributed by atoms with van der Waals surface area (Å²) in [5.74, 6) is 1.23. The molecule has 0 aliphatic carbocycles. The predicted octanol–water partition coefficient (Wildman–Crippen LogP) is 11.2. The average molecular weight is 596 g/mol. The molecule has 0 unspecified atom stereocenters. The van der Waals surface area contributed by atoms with E-state index in [0.717, 1.165) is 12.8 Å². The third-order valence-corrected chi connectivity index (χ3v) is 10.5. The molecule has 2 heteroatoms. The Kier molecular flexibility index (Phi) is 6.58. The molecule has 46 heavy (non-hydrogen) atoms. The number of hydrogen-bond acceptors (Lipinski definition) is 0. The van der Waals surface area contributed by atoms with Gasteiger partial charge in [-0.25, -0.2) is 4.57 Å². The SMILES string of the molecule is C=C1c2ccc(-c3cccc4ccccc34)cc2-c2n(-c3c(C)cc(-c4ccccc4)cc3C)c3ccccc3[n+]2C1(CC)CC. The van der Waals surface area contributed by atoms with Crippen LogP contribution in [0.3, 0.4) is 0 Å². The highest BCUT2D eigenvalue weighted by Gasteiger charge is 2.48. The van der Waals surface area contributed by atoms with Crippen LogP contribution in [0, 0.1) is 13.8 Å². The molecule has 6 aromatic carbocycles. The van der Waals surface area contributed by atoms with Gasteiger partial charge in [0.2, 0.25) is 0 Å². The highest BCUT2D eigenvalue weighted by molar-refractivity contribution is 5.98. The summed E-state index contributed by atoms with van der Waals surface area (Å²) in [5.41, 5.74) is 14.6. The van der Waals surface area contributed by atoms with E-state index in [-0.39, 0.29) is 5.54 Å². The fraction of sp³-hybridized carbons (Fsp3) is 0.159. The maximum Gasteiger partial charge on any atom is 0.296 e. The van der Waals surface area contributed by atoms with Crippen molar-refractivity contribution in [1.82, 2.24) is 4.57 Å². The van der Waals surface area contributed by atoms with Crippen LogP contribution >= 0.6 is 0 Å². The van der Waals surface area contributed by atoms with E-state index in [2.05, 4.69) is 164 Å². The molecule has 1 aliphatic heterocycles. The second-order valence-corrected chi connectivity index (χ2v) is 12.8. The molecule has 0 spiro atoms. The van der Waals surface area contributed by atoms with Crippen LogP contribution in [0.5, 0.6) is 0 Å². The summed E-state index contributed by atoms with van der Waals surface area (Å²) in [4.78, 5) is 0. The molecule has 0 atom stereocenters. The number of hydrogen-bond donors (Lipinski definition) is 0. The zero-order valence-corrected chi connectivity index (χ0v) is 27.1. The molecule has 0 amide bonds. The Hall–Kier alpha value is -5.21. The average Bonchev–Trinajstić information content (AvgIpc) is 3.44. The lowest BCUT2D eigenvalue weighted by molar-refractivity contribution is -0.718. The number of benzene rings is 6. The summed E-state index contributed by atoms with van der Waals surface area (Å²) >= 11 is 0. The van der Waals surface area contributed by atoms with Crippen LogP contribution in [-0.2, 0) is 5.54 Å². The Bertz CT molecular complexity index is 2290. The van der Waals surface area contributed by atoms with E-state index in [1.807, 2.05) is 0 Å². The van der Waals surface area contributed by atoms with E-state index in [9.17, 15) is 0 Å². The van der Waals surface area contributed by atoms with Crippen molar-refractivity contribution in [2.75, 3.05) is 0 Å². The number of aromatic nitrogens is 2. The first-order chi connectivity index (χ1) is 22.5. The molecule has 0 saturated heterocycles. The summed E-state index contributed by atoms with van der Waals surface area (Å²) in [5, 5.41) is 2.53. The standard InChI is InChI=1S/C44H39N2/c1-6-44(7-2)31(5)36-25-24-34(38-21-15-19-33-18-11-12-20-37(33)38)28-39(36)43-45(40-22-13-14-23-41(40)46(43)44)42-29(3)26-35(27-30(42)4)32-16-9-8-10-17-32/h8-28H,5-7H2,1-4H3/q+1. The molecule has 0 radical (unpaired) electrons. The number of allylic oxidation sites excluding steroid dienone is 1. The van der Waals surface area contributed by atoms with Crippen molar-refractivity contribution in [2.24, 2.45) is 0 Å². The number of fused-ring (bicyclic) bond motifs is 6. The first kappa shape index (κ1) is 28.3. The highest BCUT2D eigenvalue weighted by atomic mass is 15.2. The molecule has 0 bridgehead atoms. The summed E-state index contributed by atoms with van der Waals surface area (Å²) in [6.07, 6.45) is 1.92. The molecule has 7 aromatic rings. The predicted molar refractivity (Wildman–Crippen MR) is 194 cm³/mol. The minimum atomic E-state index is -0.236. The highest BCUT2D eigenvalue weighted by Crippen LogP contribution is 2.48. The largest absolute Gasteiger partial charge is 0.296 e. The fourth-order valence-corrected chi connectivity index (χ4v) is 8.19. The Labute approximate surface area is 271 Å². The van der Waals surface area contributed by atoms with Crippen LogP contribution in [0.25, 0.3) is 66.7 Å². The summed E-state index contributed by atoms with van der Waals surface area (Å²) in [6.45, 7) is 14.0. The van der Waals surface area contributed by atoms with E-state index in [1.54, 1.807) is 0 Å². The van der Waals surface area contributed by atoms with Crippen LogP contribution in [0.2, 0.25) is 0 Å². The van der Waals surface area contributed by atoms with E-state index in [0.29, 0.717) is 0 Å². The first-order valence-electron chi connectivity index (χ1n) is 16.5. The van der Waals surface area contributed by atoms with Gasteiger partial charge in [-0.2, -0.15) is 4.57 Å². The van der Waals surface area contributed by atoms with E-state index in [4.69, 9.17) is 6.58 Å². The smallest absolute Gasteiger partial charge is 0.213 e. The number of rotatable bonds is 5. The van der Waals surface area contributed by atoms with Crippen LogP contribution in [0.15, 0.2) is 134 Å². The van der Waals surface area contributed by atoms with Crippen molar-refractivity contribution in [3.8, 4) is 39.3 Å². The summed E-state index contributed by atoms with van der Waals surface area (Å²) in [6, 6.07) is 46.7. The Morgan fingerprint density at radius 2 is 1.28 bits per heavy atom. The molecule has 0 fully saturated rings. The van der Waals surface area contributed by atoms with Gasteiger partial charge in [-0.15, -0.1) is 0 Å². The van der Waals surface area contributed by atoms with Crippen LogP contribution < -0.4 is 4.57 Å². The van der Waals surface area contributed by atoms with Gasteiger partial charge in [0.25, 0.3) is 5.82 Å². The van der Waals surface area contributed by atoms with Gasteiger partial charge in [0.05, 0.1) is 5.56 Å². The lowest BCUT2D eigenvalue weighted by atomic mass is 9.76. The molecule has 0 N–H and O–H groups in total. The van der Waals surface area contributed by atoms with Gasteiger partial charge < -0.3 is 0 Å². The lowest BCUT2D eigenvalue weighted by Gasteiger charge is -2.37. The Morgan fingerprint density at radius 3 is 2.04 bits per heavy atom. The van der Waals surface area contributed by atoms with Crippen molar-refractivity contribution in [2.45, 2.75) is 46.1 Å². The minimum Gasteiger partial charge on any atom is -0.213 e. The van der Waals surface area contributed by atoms with Gasteiger partial charge >= 0.3 is 0 Å². The first-order valence-corrected chi connectivity index (χ1v) is 16.5. The molecular formula is C44H39N2+. The molecular weight excluding hydrogens is 556 g/mol. The van der Waals surface area contributed by atoms with Crippen molar-refractivity contribution in [3.63, 3.8) is 0 Å². The maximum absolute atomic E-state index is 4.84. The zero-order valence-electron chi connectivity index (χ0n) is 27.1. The normalized spacial score (nSPS) is 13.6. The molecule has 1 aromatic heterocycles. The summed E-state index contributed by atoms with van der Waals surface area (Å²) in [7, 11) is 0. The molecule has 8 rings (SSSR count). The molecule has 224 valence electrons. The van der Waals surface area contributed by atoms with Gasteiger partial charge in [0.15, 0.2) is 11.0 Å². The second-order valence-electron chi connectivity index (χ2n) is 12.8. The molecule has 1 aliphatic rings. The number of imidazole rings is 1. The van der Waals surface area contributed by atoms with E-state index < -0.39 is 0 Å². The molecule has 0 saturated carbocycles. The summed E-state index contributed by atoms with van der Waals surface area (Å²) < 4.78 is 5.18. The van der Waals surface area contributed by atoms with Gasteiger partial charge in [-0.05, 0) is 107 Å². The van der Waals surface area contributed by atoms with Crippen LogP contribution in [0.1, 0.15) is 43.4 Å². The quantitative estimate of drug-likeness (QED) is 0.175. The number of para-hydroxylation sites is 2. The van der Waals surface area contributed by atoms with Crippen molar-refractivity contribution in [1.29, 1.82) is 0 Å². The van der Waals surface area contributed by atoms with Crippen molar-refractivity contribution >= 4 is 27.4 Å². The zero-order chi connectivity index (χ0) is 31.6. The topological polar surface area (TPSA) is 8.81 Å².